The number of hydrogen-bond donors (Lipinski definition) is 2. The van der Waals surface area contributed by atoms with Gasteiger partial charge in [0.15, 0.2) is 0 Å². The van der Waals surface area contributed by atoms with Gasteiger partial charge in [-0.2, -0.15) is 0 Å². The van der Waals surface area contributed by atoms with E-state index in [-0.39, 0.29) is 6.04 Å². The summed E-state index contributed by atoms with van der Waals surface area (Å²) in [5.41, 5.74) is 9.65. The molecule has 2 aromatic rings. The molecule has 2 aromatic heterocycles. The average molecular weight is 348 g/mol. The van der Waals surface area contributed by atoms with Gasteiger partial charge in [0.05, 0.1) is 22.4 Å². The number of nitrogens with zero attached hydrogens (tertiary/aromatic N) is 1. The lowest BCUT2D eigenvalue weighted by atomic mass is 9.83. The topological polar surface area (TPSA) is 50.9 Å². The molecule has 0 bridgehead atoms. The number of nitrogens with one attached hydrogen (secondary N) is 1. The van der Waals surface area contributed by atoms with Crippen LogP contribution in [0.2, 0.25) is 5.15 Å². The molecule has 1 fully saturated rings. The number of nitrogens with two attached hydrogens (primary N) is 1. The zero-order valence-corrected chi connectivity index (χ0v) is 15.2. The van der Waals surface area contributed by atoms with Gasteiger partial charge in [-0.25, -0.2) is 4.98 Å². The monoisotopic (exact) mass is 347 g/mol. The minimum atomic E-state index is 0.258. The predicted octanol–water partition coefficient (Wildman–Crippen LogP) is 4.68. The molecule has 0 unspecified atom stereocenters. The normalized spacial score (nSPS) is 21.0. The van der Waals surface area contributed by atoms with Crippen molar-refractivity contribution in [1.82, 2.24) is 4.98 Å². The Labute approximate surface area is 146 Å². The van der Waals surface area contributed by atoms with Crippen molar-refractivity contribution in [3.05, 3.63) is 21.7 Å². The highest BCUT2D eigenvalue weighted by Gasteiger charge is 2.28. The fourth-order valence-electron chi connectivity index (χ4n) is 3.36. The summed E-state index contributed by atoms with van der Waals surface area (Å²) in [6.07, 6.45) is 4.79. The Balaban J connectivity index is 2.05. The van der Waals surface area contributed by atoms with Gasteiger partial charge in [0.25, 0.3) is 0 Å². The molecule has 3 N–H and O–H groups in total. The van der Waals surface area contributed by atoms with E-state index in [2.05, 4.69) is 29.1 Å². The molecule has 1 aliphatic rings. The maximum Gasteiger partial charge on any atom is 0.131 e. The molecule has 0 saturated heterocycles. The molecular weight excluding hydrogens is 326 g/mol. The summed E-state index contributed by atoms with van der Waals surface area (Å²) in [4.78, 5) is 5.94. The molecule has 1 aliphatic carbocycles. The minimum absolute atomic E-state index is 0.258. The van der Waals surface area contributed by atoms with E-state index < -0.39 is 0 Å². The Morgan fingerprint density at radius 1 is 1.43 bits per heavy atom. The lowest BCUT2D eigenvalue weighted by Gasteiger charge is -2.28. The van der Waals surface area contributed by atoms with Crippen molar-refractivity contribution in [3.63, 3.8) is 0 Å². The van der Waals surface area contributed by atoms with Crippen molar-refractivity contribution in [3.8, 4) is 11.8 Å². The average Bonchev–Trinajstić information content (AvgIpc) is 2.85. The third-order valence-corrected chi connectivity index (χ3v) is 6.22. The zero-order chi connectivity index (χ0) is 16.4. The minimum Gasteiger partial charge on any atom is -0.373 e. The fraction of sp³-hybridized carbons (Fsp3) is 0.500. The molecule has 122 valence electrons. The molecule has 0 amide bonds. The Bertz CT molecular complexity index is 772. The van der Waals surface area contributed by atoms with Crippen LogP contribution in [-0.2, 0) is 0 Å². The van der Waals surface area contributed by atoms with E-state index in [0.717, 1.165) is 22.3 Å². The van der Waals surface area contributed by atoms with Gasteiger partial charge in [0.1, 0.15) is 5.15 Å². The highest BCUT2D eigenvalue weighted by Crippen LogP contribution is 2.43. The molecule has 5 heteroatoms. The molecule has 1 saturated carbocycles. The second kappa shape index (κ2) is 7.09. The third-order valence-electron chi connectivity index (χ3n) is 4.58. The van der Waals surface area contributed by atoms with Gasteiger partial charge in [-0.3, -0.25) is 0 Å². The molecular formula is C18H22ClN3S. The summed E-state index contributed by atoms with van der Waals surface area (Å²) >= 11 is 8.04. The summed E-state index contributed by atoms with van der Waals surface area (Å²) in [5, 5.41) is 3.88. The summed E-state index contributed by atoms with van der Waals surface area (Å²) in [5.74, 6) is 6.38. The summed E-state index contributed by atoms with van der Waals surface area (Å²) in [6.45, 7) is 4.60. The molecule has 0 radical (unpaired) electrons. The van der Waals surface area contributed by atoms with Crippen LogP contribution in [0.1, 0.15) is 49.0 Å². The molecule has 2 heterocycles. The molecule has 3 rings (SSSR count). The van der Waals surface area contributed by atoms with E-state index in [4.69, 9.17) is 17.3 Å². The van der Waals surface area contributed by atoms with Crippen LogP contribution in [0.15, 0.2) is 6.07 Å². The lowest BCUT2D eigenvalue weighted by molar-refractivity contribution is 0.389. The standard InChI is InChI=1S/C18H22ClN3S/c1-3-4-9-21-14-10-15(19)22-16-11(2)17(23-18(14)16)12-7-5-6-8-13(12)20/h10,12-13H,5-9,20H2,1-2H3,(H,21,22)/t12-,13-/m0/s1. The second-order valence-electron chi connectivity index (χ2n) is 6.10. The second-order valence-corrected chi connectivity index (χ2v) is 7.54. The van der Waals surface area contributed by atoms with E-state index in [1.54, 1.807) is 0 Å². The quantitative estimate of drug-likeness (QED) is 0.626. The highest BCUT2D eigenvalue weighted by molar-refractivity contribution is 7.20. The zero-order valence-electron chi connectivity index (χ0n) is 13.6. The number of rotatable bonds is 3. The number of hydrogen-bond acceptors (Lipinski definition) is 4. The predicted molar refractivity (Wildman–Crippen MR) is 100 cm³/mol. The maximum atomic E-state index is 6.39. The van der Waals surface area contributed by atoms with Crippen molar-refractivity contribution in [1.29, 1.82) is 0 Å². The number of anilines is 1. The van der Waals surface area contributed by atoms with Crippen LogP contribution in [0.3, 0.4) is 0 Å². The van der Waals surface area contributed by atoms with Crippen LogP contribution >= 0.6 is 22.9 Å². The third kappa shape index (κ3) is 3.33. The summed E-state index contributed by atoms with van der Waals surface area (Å²) in [6, 6.07) is 2.15. The van der Waals surface area contributed by atoms with Gasteiger partial charge in [0, 0.05) is 22.9 Å². The van der Waals surface area contributed by atoms with Crippen LogP contribution in [-0.4, -0.2) is 17.6 Å². The van der Waals surface area contributed by atoms with Crippen molar-refractivity contribution in [2.45, 2.75) is 51.5 Å². The van der Waals surface area contributed by atoms with Crippen molar-refractivity contribution in [2.75, 3.05) is 11.9 Å². The van der Waals surface area contributed by atoms with E-state index in [9.17, 15) is 0 Å². The number of fused-ring (bicyclic) bond motifs is 1. The van der Waals surface area contributed by atoms with Gasteiger partial charge < -0.3 is 11.1 Å². The van der Waals surface area contributed by atoms with E-state index >= 15 is 0 Å². The molecule has 3 nitrogen and oxygen atoms in total. The molecule has 2 atom stereocenters. The molecule has 0 aromatic carbocycles. The Hall–Kier alpha value is -1.28. The van der Waals surface area contributed by atoms with Gasteiger partial charge in [-0.1, -0.05) is 30.4 Å². The van der Waals surface area contributed by atoms with Crippen LogP contribution in [0.5, 0.6) is 0 Å². The first kappa shape index (κ1) is 16.6. The van der Waals surface area contributed by atoms with E-state index in [1.165, 1.54) is 29.7 Å². The first-order chi connectivity index (χ1) is 11.1. The summed E-state index contributed by atoms with van der Waals surface area (Å²) in [7, 11) is 0. The molecule has 0 spiro atoms. The van der Waals surface area contributed by atoms with Crippen molar-refractivity contribution in [2.24, 2.45) is 5.73 Å². The number of thiophene rings is 1. The number of aryl methyl sites for hydroxylation is 1. The van der Waals surface area contributed by atoms with E-state index in [0.29, 0.717) is 17.6 Å². The Morgan fingerprint density at radius 2 is 2.22 bits per heavy atom. The first-order valence-corrected chi connectivity index (χ1v) is 9.30. The van der Waals surface area contributed by atoms with Crippen LogP contribution in [0.25, 0.3) is 10.2 Å². The summed E-state index contributed by atoms with van der Waals surface area (Å²) < 4.78 is 1.16. The van der Waals surface area contributed by atoms with Crippen molar-refractivity contribution < 1.29 is 0 Å². The lowest BCUT2D eigenvalue weighted by Crippen LogP contribution is -2.31. The Kier molecular flexibility index (Phi) is 5.11. The van der Waals surface area contributed by atoms with Gasteiger partial charge in [-0.05, 0) is 32.3 Å². The van der Waals surface area contributed by atoms with Gasteiger partial charge in [-0.15, -0.1) is 17.3 Å². The van der Waals surface area contributed by atoms with E-state index in [1.807, 2.05) is 24.3 Å². The highest BCUT2D eigenvalue weighted by atomic mass is 35.5. The van der Waals surface area contributed by atoms with Crippen molar-refractivity contribution >= 4 is 38.8 Å². The molecule has 0 aliphatic heterocycles. The van der Waals surface area contributed by atoms with Crippen LogP contribution < -0.4 is 11.1 Å². The number of halogens is 1. The van der Waals surface area contributed by atoms with Crippen LogP contribution in [0, 0.1) is 18.8 Å². The van der Waals surface area contributed by atoms with Crippen LogP contribution in [0.4, 0.5) is 5.69 Å². The SMILES string of the molecule is CC#CCNc1cc(Cl)nc2c(C)c([C@H]3CCCC[C@@H]3N)sc12. The van der Waals surface area contributed by atoms with Gasteiger partial charge in [0.2, 0.25) is 0 Å². The smallest absolute Gasteiger partial charge is 0.131 e. The first-order valence-electron chi connectivity index (χ1n) is 8.10. The molecule has 23 heavy (non-hydrogen) atoms. The maximum absolute atomic E-state index is 6.39. The fourth-order valence-corrected chi connectivity index (χ4v) is 5.00. The Morgan fingerprint density at radius 3 is 2.96 bits per heavy atom. The largest absolute Gasteiger partial charge is 0.373 e. The number of aromatic nitrogens is 1. The number of pyridine rings is 1. The van der Waals surface area contributed by atoms with Gasteiger partial charge >= 0.3 is 0 Å².